The van der Waals surface area contributed by atoms with Gasteiger partial charge in [0.05, 0.1) is 0 Å². The minimum Gasteiger partial charge on any atom is -0.508 e. The molecule has 0 aliphatic carbocycles. The molecule has 0 bridgehead atoms. The maximum Gasteiger partial charge on any atom is 0.303 e. The van der Waals surface area contributed by atoms with E-state index in [2.05, 4.69) is 0 Å². The van der Waals surface area contributed by atoms with E-state index in [0.29, 0.717) is 17.5 Å². The highest BCUT2D eigenvalue weighted by atomic mass is 16.4. The zero-order valence-corrected chi connectivity index (χ0v) is 9.06. The number of phenolic OH excluding ortho intramolecular Hbond substituents is 1. The van der Waals surface area contributed by atoms with Crippen LogP contribution in [0.1, 0.15) is 35.2 Å². The highest BCUT2D eigenvalue weighted by Crippen LogP contribution is 2.18. The summed E-state index contributed by atoms with van der Waals surface area (Å²) in [6.07, 6.45) is 0.563. The quantitative estimate of drug-likeness (QED) is 0.748. The fraction of sp³-hybridized carbons (Fsp3) is 0.333. The second kappa shape index (κ2) is 5.30. The molecule has 0 spiro atoms. The number of carbonyl (C=O) groups excluding carboxylic acids is 1. The van der Waals surface area contributed by atoms with Crippen LogP contribution in [0, 0.1) is 6.92 Å². The number of Topliss-reactive ketones (excluding diaryl/α,β-unsaturated/α-hetero) is 1. The summed E-state index contributed by atoms with van der Waals surface area (Å²) in [6.45, 7) is 1.71. The number of benzene rings is 1. The highest BCUT2D eigenvalue weighted by Gasteiger charge is 2.08. The molecule has 0 saturated carbocycles. The van der Waals surface area contributed by atoms with Crippen LogP contribution in [0.4, 0.5) is 0 Å². The number of carbonyl (C=O) groups is 2. The van der Waals surface area contributed by atoms with Gasteiger partial charge in [-0.1, -0.05) is 0 Å². The molecule has 0 saturated heterocycles. The number of hydrogen-bond donors (Lipinski definition) is 2. The Hall–Kier alpha value is -1.84. The van der Waals surface area contributed by atoms with E-state index in [9.17, 15) is 14.7 Å². The maximum atomic E-state index is 11.6. The Morgan fingerprint density at radius 2 is 1.94 bits per heavy atom. The minimum absolute atomic E-state index is 0.00278. The third kappa shape index (κ3) is 3.38. The zero-order chi connectivity index (χ0) is 12.1. The topological polar surface area (TPSA) is 74.6 Å². The third-order valence-corrected chi connectivity index (χ3v) is 2.31. The number of carboxylic acid groups (broad SMARTS) is 1. The van der Waals surface area contributed by atoms with E-state index in [1.54, 1.807) is 19.1 Å². The molecule has 0 heterocycles. The molecular formula is C12H14O4. The lowest BCUT2D eigenvalue weighted by Crippen LogP contribution is -2.02. The number of rotatable bonds is 5. The Balaban J connectivity index is 2.59. The van der Waals surface area contributed by atoms with Crippen molar-refractivity contribution in [1.29, 1.82) is 0 Å². The molecule has 16 heavy (non-hydrogen) atoms. The van der Waals surface area contributed by atoms with E-state index in [4.69, 9.17) is 5.11 Å². The van der Waals surface area contributed by atoms with Gasteiger partial charge in [-0.15, -0.1) is 0 Å². The van der Waals surface area contributed by atoms with E-state index in [1.807, 2.05) is 0 Å². The van der Waals surface area contributed by atoms with Crippen molar-refractivity contribution in [2.75, 3.05) is 0 Å². The molecule has 4 heteroatoms. The van der Waals surface area contributed by atoms with E-state index in [-0.39, 0.29) is 24.4 Å². The summed E-state index contributed by atoms with van der Waals surface area (Å²) in [4.78, 5) is 21.9. The van der Waals surface area contributed by atoms with Crippen LogP contribution in [0.3, 0.4) is 0 Å². The molecule has 0 radical (unpaired) electrons. The molecule has 1 rings (SSSR count). The van der Waals surface area contributed by atoms with Crippen molar-refractivity contribution in [1.82, 2.24) is 0 Å². The molecule has 1 aromatic rings. The van der Waals surface area contributed by atoms with Crippen molar-refractivity contribution in [3.63, 3.8) is 0 Å². The van der Waals surface area contributed by atoms with Crippen molar-refractivity contribution < 1.29 is 19.8 Å². The Kier molecular flexibility index (Phi) is 4.05. The summed E-state index contributed by atoms with van der Waals surface area (Å²) in [6, 6.07) is 4.63. The number of ketones is 1. The van der Waals surface area contributed by atoms with Gasteiger partial charge in [0.1, 0.15) is 5.75 Å². The van der Waals surface area contributed by atoms with E-state index in [1.165, 1.54) is 6.07 Å². The van der Waals surface area contributed by atoms with E-state index < -0.39 is 5.97 Å². The van der Waals surface area contributed by atoms with E-state index in [0.717, 1.165) is 0 Å². The molecule has 0 fully saturated rings. The van der Waals surface area contributed by atoms with Crippen LogP contribution in [0.15, 0.2) is 18.2 Å². The number of hydrogen-bond acceptors (Lipinski definition) is 3. The summed E-state index contributed by atoms with van der Waals surface area (Å²) < 4.78 is 0. The van der Waals surface area contributed by atoms with Crippen LogP contribution < -0.4 is 0 Å². The first-order valence-electron chi connectivity index (χ1n) is 5.05. The van der Waals surface area contributed by atoms with Gasteiger partial charge in [-0.2, -0.15) is 0 Å². The first kappa shape index (κ1) is 12.2. The second-order valence-electron chi connectivity index (χ2n) is 3.67. The minimum atomic E-state index is -0.894. The monoisotopic (exact) mass is 222 g/mol. The molecule has 2 N–H and O–H groups in total. The molecule has 1 aromatic carbocycles. The van der Waals surface area contributed by atoms with Gasteiger partial charge in [0.25, 0.3) is 0 Å². The van der Waals surface area contributed by atoms with Gasteiger partial charge in [-0.3, -0.25) is 9.59 Å². The normalized spacial score (nSPS) is 10.1. The average Bonchev–Trinajstić information content (AvgIpc) is 2.21. The van der Waals surface area contributed by atoms with Gasteiger partial charge in [-0.05, 0) is 37.1 Å². The van der Waals surface area contributed by atoms with Gasteiger partial charge < -0.3 is 10.2 Å². The fourth-order valence-electron chi connectivity index (χ4n) is 1.37. The Morgan fingerprint density at radius 1 is 1.25 bits per heavy atom. The van der Waals surface area contributed by atoms with Crippen LogP contribution in [-0.2, 0) is 4.79 Å². The standard InChI is InChI=1S/C12H14O4/c1-8-7-9(5-6-10(8)13)11(14)3-2-4-12(15)16/h5-7,13H,2-4H2,1H3,(H,15,16). The predicted octanol–water partition coefficient (Wildman–Crippen LogP) is 2.14. The van der Waals surface area contributed by atoms with Gasteiger partial charge in [0.2, 0.25) is 0 Å². The SMILES string of the molecule is Cc1cc(C(=O)CCCC(=O)O)ccc1O. The van der Waals surface area contributed by atoms with Crippen molar-refractivity contribution in [3.05, 3.63) is 29.3 Å². The summed E-state index contributed by atoms with van der Waals surface area (Å²) >= 11 is 0. The van der Waals surface area contributed by atoms with Gasteiger partial charge >= 0.3 is 5.97 Å². The summed E-state index contributed by atoms with van der Waals surface area (Å²) in [5.74, 6) is -0.832. The van der Waals surface area contributed by atoms with Crippen molar-refractivity contribution >= 4 is 11.8 Å². The molecule has 4 nitrogen and oxygen atoms in total. The second-order valence-corrected chi connectivity index (χ2v) is 3.67. The number of aromatic hydroxyl groups is 1. The summed E-state index contributed by atoms with van der Waals surface area (Å²) in [5, 5.41) is 17.7. The number of carboxylic acids is 1. The molecule has 86 valence electrons. The Bertz CT molecular complexity index is 409. The third-order valence-electron chi connectivity index (χ3n) is 2.31. The summed E-state index contributed by atoms with van der Waals surface area (Å²) in [5.41, 5.74) is 1.16. The van der Waals surface area contributed by atoms with Crippen LogP contribution in [0.2, 0.25) is 0 Å². The largest absolute Gasteiger partial charge is 0.508 e. The fourth-order valence-corrected chi connectivity index (χ4v) is 1.37. The molecule has 0 atom stereocenters. The summed E-state index contributed by atoms with van der Waals surface area (Å²) in [7, 11) is 0. The molecule has 0 aliphatic heterocycles. The average molecular weight is 222 g/mol. The number of aliphatic carboxylic acids is 1. The van der Waals surface area contributed by atoms with Crippen LogP contribution in [-0.4, -0.2) is 22.0 Å². The molecule has 0 amide bonds. The van der Waals surface area contributed by atoms with Crippen LogP contribution in [0.5, 0.6) is 5.75 Å². The van der Waals surface area contributed by atoms with Crippen LogP contribution in [0.25, 0.3) is 0 Å². The first-order valence-corrected chi connectivity index (χ1v) is 5.05. The van der Waals surface area contributed by atoms with Crippen molar-refractivity contribution in [3.8, 4) is 5.75 Å². The zero-order valence-electron chi connectivity index (χ0n) is 9.06. The highest BCUT2D eigenvalue weighted by molar-refractivity contribution is 5.96. The maximum absolute atomic E-state index is 11.6. The lowest BCUT2D eigenvalue weighted by Gasteiger charge is -2.03. The number of aryl methyl sites for hydroxylation is 1. The predicted molar refractivity (Wildman–Crippen MR) is 58.7 cm³/mol. The van der Waals surface area contributed by atoms with Gasteiger partial charge in [0.15, 0.2) is 5.78 Å². The Morgan fingerprint density at radius 3 is 2.50 bits per heavy atom. The van der Waals surface area contributed by atoms with Crippen molar-refractivity contribution in [2.45, 2.75) is 26.2 Å². The van der Waals surface area contributed by atoms with Gasteiger partial charge in [-0.25, -0.2) is 0 Å². The van der Waals surface area contributed by atoms with Gasteiger partial charge in [0, 0.05) is 18.4 Å². The smallest absolute Gasteiger partial charge is 0.303 e. The van der Waals surface area contributed by atoms with Crippen molar-refractivity contribution in [2.24, 2.45) is 0 Å². The molecule has 0 aliphatic rings. The Labute approximate surface area is 93.5 Å². The van der Waals surface area contributed by atoms with Crippen LogP contribution >= 0.6 is 0 Å². The number of phenols is 1. The molecule has 0 unspecified atom stereocenters. The lowest BCUT2D eigenvalue weighted by atomic mass is 10.0. The first-order chi connectivity index (χ1) is 7.50. The molecule has 0 aromatic heterocycles. The lowest BCUT2D eigenvalue weighted by molar-refractivity contribution is -0.137. The van der Waals surface area contributed by atoms with E-state index >= 15 is 0 Å². The molecular weight excluding hydrogens is 208 g/mol.